The van der Waals surface area contributed by atoms with E-state index in [-0.39, 0.29) is 16.6 Å². The molecule has 8 heteroatoms. The molecule has 20 heavy (non-hydrogen) atoms. The van der Waals surface area contributed by atoms with Crippen molar-refractivity contribution in [3.8, 4) is 0 Å². The first-order valence-corrected chi connectivity index (χ1v) is 8.00. The lowest BCUT2D eigenvalue weighted by Crippen LogP contribution is -2.31. The summed E-state index contributed by atoms with van der Waals surface area (Å²) in [6.45, 7) is 1.92. The van der Waals surface area contributed by atoms with E-state index in [2.05, 4.69) is 4.98 Å². The Bertz CT molecular complexity index is 739. The Morgan fingerprint density at radius 3 is 2.90 bits per heavy atom. The van der Waals surface area contributed by atoms with Gasteiger partial charge in [0.2, 0.25) is 5.91 Å². The van der Waals surface area contributed by atoms with Gasteiger partial charge in [-0.25, -0.2) is 9.71 Å². The van der Waals surface area contributed by atoms with Crippen LogP contribution in [0.4, 0.5) is 0 Å². The average molecular weight is 316 g/mol. The predicted octanol–water partition coefficient (Wildman–Crippen LogP) is 1.98. The zero-order valence-corrected chi connectivity index (χ0v) is 12.4. The van der Waals surface area contributed by atoms with E-state index in [0.717, 1.165) is 6.42 Å². The van der Waals surface area contributed by atoms with E-state index >= 15 is 0 Å². The topological polar surface area (TPSA) is 80.5 Å². The fourth-order valence-electron chi connectivity index (χ4n) is 1.77. The van der Waals surface area contributed by atoms with Gasteiger partial charge >= 0.3 is 0 Å². The third-order valence-electron chi connectivity index (χ3n) is 2.71. The minimum absolute atomic E-state index is 0.157. The molecule has 2 rings (SSSR count). The molecule has 0 aliphatic heterocycles. The number of hydrogen-bond donors (Lipinski definition) is 1. The lowest BCUT2D eigenvalue weighted by atomic mass is 10.2. The molecule has 0 saturated heterocycles. The van der Waals surface area contributed by atoms with E-state index in [0.29, 0.717) is 12.1 Å². The van der Waals surface area contributed by atoms with E-state index in [4.69, 9.17) is 11.6 Å². The number of nitrogens with one attached hydrogen (secondary N) is 1. The molecule has 2 aromatic rings. The first-order valence-electron chi connectivity index (χ1n) is 6.14. The number of unbranched alkanes of at least 4 members (excludes halogenated alkanes) is 1. The number of nitrogens with zero attached hydrogens (tertiary/aromatic N) is 2. The normalized spacial score (nSPS) is 11.7. The molecule has 0 saturated carbocycles. The molecule has 0 aliphatic carbocycles. The molecule has 0 fully saturated rings. The van der Waals surface area contributed by atoms with E-state index in [9.17, 15) is 13.2 Å². The number of rotatable bonds is 5. The van der Waals surface area contributed by atoms with Gasteiger partial charge in [-0.15, -0.1) is 0 Å². The van der Waals surface area contributed by atoms with Crippen LogP contribution in [0.25, 0.3) is 5.65 Å². The maximum Gasteiger partial charge on any atom is 0.283 e. The van der Waals surface area contributed by atoms with Crippen LogP contribution in [0.2, 0.25) is 5.15 Å². The van der Waals surface area contributed by atoms with Crippen LogP contribution in [0.3, 0.4) is 0 Å². The van der Waals surface area contributed by atoms with Crippen LogP contribution < -0.4 is 4.72 Å². The second-order valence-electron chi connectivity index (χ2n) is 4.27. The van der Waals surface area contributed by atoms with Gasteiger partial charge in [-0.2, -0.15) is 8.42 Å². The van der Waals surface area contributed by atoms with Crippen LogP contribution in [0, 0.1) is 0 Å². The molecule has 0 aromatic carbocycles. The summed E-state index contributed by atoms with van der Waals surface area (Å²) in [6.07, 6.45) is 3.12. The number of halogens is 1. The van der Waals surface area contributed by atoms with Crippen molar-refractivity contribution in [3.05, 3.63) is 29.5 Å². The maximum absolute atomic E-state index is 12.2. The fourth-order valence-corrected chi connectivity index (χ4v) is 3.43. The van der Waals surface area contributed by atoms with Gasteiger partial charge in [-0.1, -0.05) is 31.0 Å². The Kier molecular flexibility index (Phi) is 4.29. The molecular weight excluding hydrogens is 302 g/mol. The molecule has 108 valence electrons. The van der Waals surface area contributed by atoms with E-state index in [1.54, 1.807) is 18.2 Å². The summed E-state index contributed by atoms with van der Waals surface area (Å²) in [5.41, 5.74) is 0.402. The molecule has 6 nitrogen and oxygen atoms in total. The number of sulfonamides is 1. The lowest BCUT2D eigenvalue weighted by molar-refractivity contribution is -0.119. The summed E-state index contributed by atoms with van der Waals surface area (Å²) < 4.78 is 27.8. The summed E-state index contributed by atoms with van der Waals surface area (Å²) in [7, 11) is -4.03. The van der Waals surface area contributed by atoms with Crippen molar-refractivity contribution in [3.63, 3.8) is 0 Å². The largest absolute Gasteiger partial charge is 0.288 e. The van der Waals surface area contributed by atoms with Crippen molar-refractivity contribution in [2.24, 2.45) is 0 Å². The van der Waals surface area contributed by atoms with Crippen LogP contribution in [0.15, 0.2) is 29.4 Å². The van der Waals surface area contributed by atoms with Crippen molar-refractivity contribution in [1.29, 1.82) is 0 Å². The SMILES string of the molecule is CCCCC(=O)NS(=O)(=O)c1c(Cl)nc2ccccn12. The highest BCUT2D eigenvalue weighted by molar-refractivity contribution is 7.90. The highest BCUT2D eigenvalue weighted by atomic mass is 35.5. The monoisotopic (exact) mass is 315 g/mol. The predicted molar refractivity (Wildman–Crippen MR) is 75.1 cm³/mol. The quantitative estimate of drug-likeness (QED) is 0.915. The molecule has 0 bridgehead atoms. The number of aromatic nitrogens is 2. The van der Waals surface area contributed by atoms with Crippen molar-refractivity contribution in [1.82, 2.24) is 14.1 Å². The van der Waals surface area contributed by atoms with Gasteiger partial charge in [0.05, 0.1) is 0 Å². The molecule has 0 unspecified atom stereocenters. The maximum atomic E-state index is 12.2. The highest BCUT2D eigenvalue weighted by Gasteiger charge is 2.25. The van der Waals surface area contributed by atoms with Crippen LogP contribution >= 0.6 is 11.6 Å². The van der Waals surface area contributed by atoms with Gasteiger partial charge in [-0.05, 0) is 18.6 Å². The smallest absolute Gasteiger partial charge is 0.283 e. The third-order valence-corrected chi connectivity index (χ3v) is 4.48. The third kappa shape index (κ3) is 2.94. The Balaban J connectivity index is 2.37. The zero-order chi connectivity index (χ0) is 14.8. The standard InChI is InChI=1S/C12H14ClN3O3S/c1-2-3-7-10(17)15-20(18,19)12-11(13)14-9-6-4-5-8-16(9)12/h4-6,8H,2-3,7H2,1H3,(H,15,17). The summed E-state index contributed by atoms with van der Waals surface area (Å²) in [4.78, 5) is 15.5. The van der Waals surface area contributed by atoms with Crippen molar-refractivity contribution >= 4 is 33.2 Å². The molecular formula is C12H14ClN3O3S. The number of imidazole rings is 1. The molecule has 0 atom stereocenters. The van der Waals surface area contributed by atoms with Crippen molar-refractivity contribution in [2.45, 2.75) is 31.2 Å². The van der Waals surface area contributed by atoms with Gasteiger partial charge in [0.15, 0.2) is 10.2 Å². The first kappa shape index (κ1) is 14.8. The Morgan fingerprint density at radius 2 is 2.20 bits per heavy atom. The summed E-state index contributed by atoms with van der Waals surface area (Å²) in [6, 6.07) is 5.00. The van der Waals surface area contributed by atoms with Gasteiger partial charge in [-0.3, -0.25) is 9.20 Å². The summed E-state index contributed by atoms with van der Waals surface area (Å²) in [5, 5.41) is -0.383. The number of pyridine rings is 1. The molecule has 0 radical (unpaired) electrons. The molecule has 1 amide bonds. The van der Waals surface area contributed by atoms with Crippen LogP contribution in [-0.2, 0) is 14.8 Å². The fraction of sp³-hybridized carbons (Fsp3) is 0.333. The molecule has 1 N–H and O–H groups in total. The second kappa shape index (κ2) is 5.80. The number of carbonyl (C=O) groups excluding carboxylic acids is 1. The number of amides is 1. The van der Waals surface area contributed by atoms with E-state index in [1.807, 2.05) is 11.6 Å². The minimum Gasteiger partial charge on any atom is -0.288 e. The van der Waals surface area contributed by atoms with Gasteiger partial charge in [0, 0.05) is 12.6 Å². The Hall–Kier alpha value is -1.60. The molecule has 2 aromatic heterocycles. The highest BCUT2D eigenvalue weighted by Crippen LogP contribution is 2.22. The zero-order valence-electron chi connectivity index (χ0n) is 10.8. The van der Waals surface area contributed by atoms with Crippen LogP contribution in [-0.4, -0.2) is 23.7 Å². The number of fused-ring (bicyclic) bond motifs is 1. The number of hydrogen-bond acceptors (Lipinski definition) is 4. The average Bonchev–Trinajstić information content (AvgIpc) is 2.72. The van der Waals surface area contributed by atoms with Crippen molar-refractivity contribution in [2.75, 3.05) is 0 Å². The Morgan fingerprint density at radius 1 is 1.45 bits per heavy atom. The van der Waals surface area contributed by atoms with E-state index < -0.39 is 15.9 Å². The Labute approximate surface area is 121 Å². The van der Waals surface area contributed by atoms with E-state index in [1.165, 1.54) is 10.6 Å². The minimum atomic E-state index is -4.03. The van der Waals surface area contributed by atoms with Gasteiger partial charge < -0.3 is 0 Å². The van der Waals surface area contributed by atoms with Crippen molar-refractivity contribution < 1.29 is 13.2 Å². The van der Waals surface area contributed by atoms with Gasteiger partial charge in [0.1, 0.15) is 5.65 Å². The number of carbonyl (C=O) groups is 1. The molecule has 0 spiro atoms. The van der Waals surface area contributed by atoms with Gasteiger partial charge in [0.25, 0.3) is 10.0 Å². The molecule has 2 heterocycles. The van der Waals surface area contributed by atoms with Crippen LogP contribution in [0.5, 0.6) is 0 Å². The lowest BCUT2D eigenvalue weighted by Gasteiger charge is -2.06. The summed E-state index contributed by atoms with van der Waals surface area (Å²) in [5.74, 6) is -0.547. The second-order valence-corrected chi connectivity index (χ2v) is 6.22. The summed E-state index contributed by atoms with van der Waals surface area (Å²) >= 11 is 5.88. The van der Waals surface area contributed by atoms with Crippen LogP contribution in [0.1, 0.15) is 26.2 Å². The first-order chi connectivity index (χ1) is 9.45. The molecule has 0 aliphatic rings.